The molecule has 1 aromatic carbocycles. The van der Waals surface area contributed by atoms with Gasteiger partial charge in [-0.3, -0.25) is 4.79 Å². The van der Waals surface area contributed by atoms with Gasteiger partial charge in [0.1, 0.15) is 6.10 Å². The number of carbonyl (C=O) groups is 2. The number of hydrogen-bond acceptors (Lipinski definition) is 4. The summed E-state index contributed by atoms with van der Waals surface area (Å²) in [6.07, 6.45) is 1.86. The van der Waals surface area contributed by atoms with Gasteiger partial charge in [-0.2, -0.15) is 11.8 Å². The number of ketones is 1. The molecular weight excluding hydrogens is 236 g/mol. The van der Waals surface area contributed by atoms with Gasteiger partial charge in [0.2, 0.25) is 0 Å². The number of hydrogen-bond donors (Lipinski definition) is 0. The van der Waals surface area contributed by atoms with Crippen molar-refractivity contribution in [1.82, 2.24) is 0 Å². The average molecular weight is 252 g/mol. The molecule has 0 radical (unpaired) electrons. The number of thioether (sulfide) groups is 1. The van der Waals surface area contributed by atoms with Crippen LogP contribution in [0.1, 0.15) is 34.6 Å². The minimum absolute atomic E-state index is 0.0133. The Morgan fingerprint density at radius 1 is 1.24 bits per heavy atom. The van der Waals surface area contributed by atoms with Gasteiger partial charge in [0.05, 0.1) is 5.56 Å². The molecule has 17 heavy (non-hydrogen) atoms. The summed E-state index contributed by atoms with van der Waals surface area (Å²) in [7, 11) is 0. The second-order valence-electron chi connectivity index (χ2n) is 3.80. The summed E-state index contributed by atoms with van der Waals surface area (Å²) in [5.41, 5.74) is 1.07. The molecule has 92 valence electrons. The number of benzene rings is 1. The zero-order chi connectivity index (χ0) is 12.8. The standard InChI is InChI=1S/C13H16O3S/c1-9(8-17-3)16-13(15)12-6-4-11(5-7-12)10(2)14/h4-7,9H,8H2,1-3H3/t9-/m0/s1. The molecule has 3 nitrogen and oxygen atoms in total. The van der Waals surface area contributed by atoms with Crippen molar-refractivity contribution in [3.05, 3.63) is 35.4 Å². The van der Waals surface area contributed by atoms with Gasteiger partial charge in [0.15, 0.2) is 5.78 Å². The quantitative estimate of drug-likeness (QED) is 0.597. The summed E-state index contributed by atoms with van der Waals surface area (Å²) in [4.78, 5) is 22.8. The maximum atomic E-state index is 11.7. The molecule has 0 saturated heterocycles. The van der Waals surface area contributed by atoms with E-state index >= 15 is 0 Å². The van der Waals surface area contributed by atoms with Crippen LogP contribution in [0.4, 0.5) is 0 Å². The molecule has 0 aromatic heterocycles. The minimum Gasteiger partial charge on any atom is -0.458 e. The summed E-state index contributed by atoms with van der Waals surface area (Å²) in [6, 6.07) is 6.51. The Morgan fingerprint density at radius 3 is 2.24 bits per heavy atom. The van der Waals surface area contributed by atoms with Gasteiger partial charge in [-0.15, -0.1) is 0 Å². The molecule has 0 amide bonds. The molecule has 0 aliphatic carbocycles. The summed E-state index contributed by atoms with van der Waals surface area (Å²) in [5, 5.41) is 0. The second-order valence-corrected chi connectivity index (χ2v) is 4.72. The van der Waals surface area contributed by atoms with E-state index in [0.717, 1.165) is 5.75 Å². The van der Waals surface area contributed by atoms with E-state index in [1.165, 1.54) is 6.92 Å². The largest absolute Gasteiger partial charge is 0.458 e. The van der Waals surface area contributed by atoms with Gasteiger partial charge >= 0.3 is 5.97 Å². The van der Waals surface area contributed by atoms with Gasteiger partial charge < -0.3 is 4.74 Å². The highest BCUT2D eigenvalue weighted by atomic mass is 32.2. The van der Waals surface area contributed by atoms with E-state index in [2.05, 4.69) is 0 Å². The van der Waals surface area contributed by atoms with Crippen LogP contribution in [0.25, 0.3) is 0 Å². The van der Waals surface area contributed by atoms with E-state index < -0.39 is 0 Å². The van der Waals surface area contributed by atoms with Gasteiger partial charge in [-0.25, -0.2) is 4.79 Å². The fourth-order valence-corrected chi connectivity index (χ4v) is 1.90. The molecule has 0 aliphatic rings. The first kappa shape index (κ1) is 13.8. The van der Waals surface area contributed by atoms with Crippen LogP contribution in [0.2, 0.25) is 0 Å². The van der Waals surface area contributed by atoms with Gasteiger partial charge in [0.25, 0.3) is 0 Å². The lowest BCUT2D eigenvalue weighted by Crippen LogP contribution is -2.17. The third-order valence-electron chi connectivity index (χ3n) is 2.24. The highest BCUT2D eigenvalue weighted by Gasteiger charge is 2.11. The molecule has 0 heterocycles. The Balaban J connectivity index is 2.66. The maximum absolute atomic E-state index is 11.7. The maximum Gasteiger partial charge on any atom is 0.338 e. The lowest BCUT2D eigenvalue weighted by atomic mass is 10.1. The second kappa shape index (κ2) is 6.45. The van der Waals surface area contributed by atoms with Crippen LogP contribution in [0.3, 0.4) is 0 Å². The van der Waals surface area contributed by atoms with Crippen molar-refractivity contribution >= 4 is 23.5 Å². The molecule has 0 spiro atoms. The summed E-state index contributed by atoms with van der Waals surface area (Å²) >= 11 is 1.63. The average Bonchev–Trinajstić information content (AvgIpc) is 2.29. The van der Waals surface area contributed by atoms with E-state index in [1.807, 2.05) is 13.2 Å². The number of ether oxygens (including phenoxy) is 1. The molecule has 1 aromatic rings. The molecule has 0 unspecified atom stereocenters. The monoisotopic (exact) mass is 252 g/mol. The summed E-state index contributed by atoms with van der Waals surface area (Å²) in [5.74, 6) is 0.416. The predicted octanol–water partition coefficient (Wildman–Crippen LogP) is 2.80. The van der Waals surface area contributed by atoms with E-state index in [1.54, 1.807) is 36.0 Å². The number of Topliss-reactive ketones (excluding diaryl/α,β-unsaturated/α-hetero) is 1. The SMILES string of the molecule is CSC[C@H](C)OC(=O)c1ccc(C(C)=O)cc1. The molecule has 0 aliphatic heterocycles. The van der Waals surface area contributed by atoms with Crippen LogP contribution < -0.4 is 0 Å². The third-order valence-corrected chi connectivity index (χ3v) is 3.04. The highest BCUT2D eigenvalue weighted by Crippen LogP contribution is 2.09. The van der Waals surface area contributed by atoms with Crippen molar-refractivity contribution in [3.63, 3.8) is 0 Å². The first-order valence-electron chi connectivity index (χ1n) is 5.35. The van der Waals surface area contributed by atoms with Crippen LogP contribution in [-0.2, 0) is 4.74 Å². The summed E-state index contributed by atoms with van der Waals surface area (Å²) in [6.45, 7) is 3.35. The summed E-state index contributed by atoms with van der Waals surface area (Å²) < 4.78 is 5.23. The molecule has 0 fully saturated rings. The topological polar surface area (TPSA) is 43.4 Å². The fraction of sp³-hybridized carbons (Fsp3) is 0.385. The van der Waals surface area contributed by atoms with Crippen molar-refractivity contribution < 1.29 is 14.3 Å². The Hall–Kier alpha value is -1.29. The van der Waals surface area contributed by atoms with Crippen molar-refractivity contribution in [3.8, 4) is 0 Å². The Morgan fingerprint density at radius 2 is 1.76 bits per heavy atom. The molecular formula is C13H16O3S. The van der Waals surface area contributed by atoms with E-state index in [0.29, 0.717) is 11.1 Å². The van der Waals surface area contributed by atoms with Gasteiger partial charge in [-0.05, 0) is 32.2 Å². The smallest absolute Gasteiger partial charge is 0.338 e. The van der Waals surface area contributed by atoms with Crippen molar-refractivity contribution in [2.24, 2.45) is 0 Å². The highest BCUT2D eigenvalue weighted by molar-refractivity contribution is 7.98. The van der Waals surface area contributed by atoms with Crippen LogP contribution in [0, 0.1) is 0 Å². The molecule has 4 heteroatoms. The third kappa shape index (κ3) is 4.23. The Bertz CT molecular complexity index is 398. The van der Waals surface area contributed by atoms with Crippen molar-refractivity contribution in [2.45, 2.75) is 20.0 Å². The fourth-order valence-electron chi connectivity index (χ4n) is 1.36. The molecule has 0 bridgehead atoms. The van der Waals surface area contributed by atoms with Crippen LogP contribution in [0.5, 0.6) is 0 Å². The minimum atomic E-state index is -0.346. The van der Waals surface area contributed by atoms with Crippen molar-refractivity contribution in [2.75, 3.05) is 12.0 Å². The van der Waals surface area contributed by atoms with E-state index in [9.17, 15) is 9.59 Å². The van der Waals surface area contributed by atoms with Crippen LogP contribution in [-0.4, -0.2) is 29.9 Å². The normalized spacial score (nSPS) is 11.9. The molecule has 0 saturated carbocycles. The lowest BCUT2D eigenvalue weighted by molar-refractivity contribution is 0.0386. The Labute approximate surface area is 106 Å². The molecule has 0 N–H and O–H groups in total. The van der Waals surface area contributed by atoms with Crippen LogP contribution >= 0.6 is 11.8 Å². The van der Waals surface area contributed by atoms with E-state index in [4.69, 9.17) is 4.74 Å². The van der Waals surface area contributed by atoms with Crippen LogP contribution in [0.15, 0.2) is 24.3 Å². The number of esters is 1. The molecule has 1 rings (SSSR count). The lowest BCUT2D eigenvalue weighted by Gasteiger charge is -2.11. The first-order valence-corrected chi connectivity index (χ1v) is 6.75. The number of rotatable bonds is 5. The van der Waals surface area contributed by atoms with Crippen molar-refractivity contribution in [1.29, 1.82) is 0 Å². The zero-order valence-electron chi connectivity index (χ0n) is 10.2. The van der Waals surface area contributed by atoms with E-state index in [-0.39, 0.29) is 17.9 Å². The number of carbonyl (C=O) groups excluding carboxylic acids is 2. The van der Waals surface area contributed by atoms with Gasteiger partial charge in [0, 0.05) is 11.3 Å². The Kier molecular flexibility index (Phi) is 5.22. The molecule has 1 atom stereocenters. The van der Waals surface area contributed by atoms with Gasteiger partial charge in [-0.1, -0.05) is 12.1 Å². The first-order chi connectivity index (χ1) is 8.04. The predicted molar refractivity (Wildman–Crippen MR) is 69.7 cm³/mol. The zero-order valence-corrected chi connectivity index (χ0v) is 11.0.